The Morgan fingerprint density at radius 1 is 0.833 bits per heavy atom. The van der Waals surface area contributed by atoms with Gasteiger partial charge < -0.3 is 14.4 Å². The maximum atomic E-state index is 6.54. The van der Waals surface area contributed by atoms with Crippen molar-refractivity contribution in [3.05, 3.63) is 119 Å². The Morgan fingerprint density at radius 3 is 2.23 bits per heavy atom. The molecule has 7 rings (SSSR count). The number of benzene rings is 3. The van der Waals surface area contributed by atoms with E-state index in [1.165, 1.54) is 60.7 Å². The molecule has 6 aromatic rings. The predicted octanol–water partition coefficient (Wildman–Crippen LogP) is 10.1. The summed E-state index contributed by atoms with van der Waals surface area (Å²) in [7, 11) is -1.62. The van der Waals surface area contributed by atoms with E-state index in [1.54, 1.807) is 0 Å². The molecule has 0 atom stereocenters. The molecule has 1 aliphatic rings. The molecule has 48 heavy (non-hydrogen) atoms. The first-order valence-corrected chi connectivity index (χ1v) is 19.9. The average molecular weight is 827 g/mol. The van der Waals surface area contributed by atoms with Gasteiger partial charge in [0.05, 0.1) is 5.58 Å². The minimum absolute atomic E-state index is 0. The zero-order valence-corrected chi connectivity index (χ0v) is 33.1. The summed E-state index contributed by atoms with van der Waals surface area (Å²) in [6.07, 6.45) is 6.18. The zero-order valence-electron chi connectivity index (χ0n) is 29.7. The second-order valence-electron chi connectivity index (χ2n) is 14.0. The first kappa shape index (κ1) is 35.3. The summed E-state index contributed by atoms with van der Waals surface area (Å²) in [5.74, 6) is 0. The van der Waals surface area contributed by atoms with Gasteiger partial charge in [-0.05, 0) is 70.5 Å². The van der Waals surface area contributed by atoms with Crippen LogP contribution < -0.4 is 5.19 Å². The monoisotopic (exact) mass is 827 g/mol. The Morgan fingerprint density at radius 2 is 1.58 bits per heavy atom. The molecular weight excluding hydrogens is 783 g/mol. The Hall–Kier alpha value is -3.96. The van der Waals surface area contributed by atoms with Crippen LogP contribution in [0.2, 0.25) is 19.6 Å². The van der Waals surface area contributed by atoms with E-state index in [9.17, 15) is 0 Å². The van der Waals surface area contributed by atoms with E-state index in [2.05, 4.69) is 126 Å². The van der Waals surface area contributed by atoms with E-state index in [-0.39, 0.29) is 20.1 Å². The van der Waals surface area contributed by atoms with Gasteiger partial charge >= 0.3 is 0 Å². The Balaban J connectivity index is 0.000000252. The van der Waals surface area contributed by atoms with Crippen LogP contribution in [0.25, 0.3) is 44.5 Å². The predicted molar refractivity (Wildman–Crippen MR) is 200 cm³/mol. The summed E-state index contributed by atoms with van der Waals surface area (Å²) in [5, 5.41) is 3.83. The zero-order chi connectivity index (χ0) is 33.6. The Bertz CT molecular complexity index is 2220. The van der Waals surface area contributed by atoms with E-state index < -0.39 is 8.07 Å². The van der Waals surface area contributed by atoms with Crippen molar-refractivity contribution in [3.8, 4) is 22.5 Å². The standard InChI is InChI=1S/C29H32N2OSi.C13H12N.Ir/c1-17-9-11-24-23(14-17)26-25(33(6,7)8)12-10-22(29(26)32-24)27-21(5)28(19(3)15-30-27)31-16-18(2)13-20(31)4;1-10-8-13(14-9-11(10)2)12-6-4-3-5-7-12;/h9,11-15H,16H2,1-8H3;3-6,8-9H,1-2H3;/q;-1;. The van der Waals surface area contributed by atoms with Crippen molar-refractivity contribution < 1.29 is 29.1 Å². The van der Waals surface area contributed by atoms with Crippen LogP contribution in [-0.4, -0.2) is 34.9 Å². The summed E-state index contributed by atoms with van der Waals surface area (Å²) in [6, 6.07) is 25.5. The number of allylic oxidation sites excluding steroid dienone is 1. The van der Waals surface area contributed by atoms with E-state index in [0.29, 0.717) is 0 Å². The largest absolute Gasteiger partial charge is 0.501 e. The van der Waals surface area contributed by atoms with Gasteiger partial charge in [0, 0.05) is 75.8 Å². The number of pyridine rings is 2. The second-order valence-corrected chi connectivity index (χ2v) is 19.1. The van der Waals surface area contributed by atoms with Crippen molar-refractivity contribution in [2.24, 2.45) is 0 Å². The molecule has 1 aliphatic heterocycles. The summed E-state index contributed by atoms with van der Waals surface area (Å²) >= 11 is 0. The number of nitrogens with zero attached hydrogens (tertiary/aromatic N) is 3. The van der Waals surface area contributed by atoms with E-state index in [4.69, 9.17) is 9.40 Å². The van der Waals surface area contributed by atoms with Crippen LogP contribution in [0.15, 0.2) is 83.1 Å². The first-order valence-electron chi connectivity index (χ1n) is 16.4. The molecule has 0 bridgehead atoms. The molecule has 3 aromatic carbocycles. The van der Waals surface area contributed by atoms with Crippen LogP contribution >= 0.6 is 0 Å². The fourth-order valence-corrected chi connectivity index (χ4v) is 8.04. The smallest absolute Gasteiger partial charge is 0.205 e. The molecule has 1 radical (unpaired) electrons. The molecule has 0 aliphatic carbocycles. The molecule has 4 heterocycles. The molecule has 0 N–H and O–H groups in total. The number of fused-ring (bicyclic) bond motifs is 3. The van der Waals surface area contributed by atoms with Gasteiger partial charge in [-0.3, -0.25) is 0 Å². The number of hydrogen-bond donors (Lipinski definition) is 0. The van der Waals surface area contributed by atoms with E-state index in [0.717, 1.165) is 40.2 Å². The van der Waals surface area contributed by atoms with Gasteiger partial charge in [-0.15, -0.1) is 53.2 Å². The second kappa shape index (κ2) is 13.9. The van der Waals surface area contributed by atoms with Gasteiger partial charge in [0.2, 0.25) is 5.69 Å². The van der Waals surface area contributed by atoms with Crippen LogP contribution in [0, 0.1) is 46.8 Å². The van der Waals surface area contributed by atoms with Crippen molar-refractivity contribution in [2.45, 2.75) is 68.1 Å². The SMILES string of the molecule is CC1=CC(C)=[N+](c2c(C)cnc(-c3[c-]cc([Si](C)(C)C)c4c3oc3ccc(C)cc34)c2C)C1.Cc1cnc(-c2[c-]cccc2)cc1C.[Ir]. The summed E-state index contributed by atoms with van der Waals surface area (Å²) in [4.78, 5) is 9.30. The minimum atomic E-state index is -1.62. The van der Waals surface area contributed by atoms with Gasteiger partial charge in [0.1, 0.15) is 5.58 Å². The van der Waals surface area contributed by atoms with Crippen LogP contribution in [0.4, 0.5) is 5.69 Å². The van der Waals surface area contributed by atoms with Crippen molar-refractivity contribution in [1.29, 1.82) is 0 Å². The van der Waals surface area contributed by atoms with E-state index in [1.807, 2.05) is 36.7 Å². The van der Waals surface area contributed by atoms with Crippen LogP contribution in [-0.2, 0) is 20.1 Å². The quantitative estimate of drug-likeness (QED) is 0.101. The molecule has 0 spiro atoms. The molecule has 0 saturated carbocycles. The topological polar surface area (TPSA) is 41.9 Å². The fraction of sp³-hybridized carbons (Fsp3) is 0.262. The maximum Gasteiger partial charge on any atom is 0.205 e. The Labute approximate surface area is 300 Å². The van der Waals surface area contributed by atoms with E-state index >= 15 is 0 Å². The summed E-state index contributed by atoms with van der Waals surface area (Å²) in [5.41, 5.74) is 15.8. The van der Waals surface area contributed by atoms with Crippen molar-refractivity contribution >= 4 is 46.6 Å². The molecule has 0 unspecified atom stereocenters. The first-order chi connectivity index (χ1) is 22.3. The third kappa shape index (κ3) is 6.80. The molecule has 247 valence electrons. The molecule has 6 heteroatoms. The van der Waals surface area contributed by atoms with Gasteiger partial charge in [0.15, 0.2) is 12.3 Å². The van der Waals surface area contributed by atoms with Gasteiger partial charge in [-0.25, -0.2) is 0 Å². The molecule has 4 nitrogen and oxygen atoms in total. The summed E-state index contributed by atoms with van der Waals surface area (Å²) < 4.78 is 8.94. The third-order valence-corrected chi connectivity index (χ3v) is 11.1. The molecule has 0 fully saturated rings. The molecule has 3 aromatic heterocycles. The number of hydrogen-bond acceptors (Lipinski definition) is 3. The number of rotatable bonds is 4. The van der Waals surface area contributed by atoms with Crippen LogP contribution in [0.5, 0.6) is 0 Å². The van der Waals surface area contributed by atoms with Crippen molar-refractivity contribution in [2.75, 3.05) is 6.54 Å². The molecule has 0 saturated heterocycles. The number of furan rings is 1. The van der Waals surface area contributed by atoms with Gasteiger partial charge in [-0.2, -0.15) is 4.58 Å². The minimum Gasteiger partial charge on any atom is -0.501 e. The van der Waals surface area contributed by atoms with Gasteiger partial charge in [-0.1, -0.05) is 53.9 Å². The fourth-order valence-electron chi connectivity index (χ4n) is 6.53. The third-order valence-electron chi connectivity index (χ3n) is 9.13. The molecule has 0 amide bonds. The summed E-state index contributed by atoms with van der Waals surface area (Å²) in [6.45, 7) is 23.1. The maximum absolute atomic E-state index is 6.54. The van der Waals surface area contributed by atoms with Crippen molar-refractivity contribution in [3.63, 3.8) is 0 Å². The average Bonchev–Trinajstić information content (AvgIpc) is 3.57. The van der Waals surface area contributed by atoms with Gasteiger partial charge in [0.25, 0.3) is 0 Å². The Kier molecular flexibility index (Phi) is 10.2. The molecular formula is C42H44IrN3OSi-. The van der Waals surface area contributed by atoms with Crippen LogP contribution in [0.1, 0.15) is 41.7 Å². The normalized spacial score (nSPS) is 13.0. The number of aryl methyl sites for hydroxylation is 4. The number of aromatic nitrogens is 2. The van der Waals surface area contributed by atoms with Crippen molar-refractivity contribution in [1.82, 2.24) is 9.97 Å². The van der Waals surface area contributed by atoms with Crippen LogP contribution in [0.3, 0.4) is 0 Å².